The van der Waals surface area contributed by atoms with Crippen LogP contribution in [0.4, 0.5) is 5.69 Å². The number of hydrogen-bond acceptors (Lipinski definition) is 3. The Morgan fingerprint density at radius 3 is 2.70 bits per heavy atom. The number of fused-ring (bicyclic) bond motifs is 1. The van der Waals surface area contributed by atoms with E-state index >= 15 is 0 Å². The maximum Gasteiger partial charge on any atom is 0.261 e. The first kappa shape index (κ1) is 15.3. The molecule has 2 aliphatic heterocycles. The summed E-state index contributed by atoms with van der Waals surface area (Å²) in [6.07, 6.45) is 0.949. The molecule has 0 aliphatic carbocycles. The molecule has 2 N–H and O–H groups in total. The molecule has 0 saturated carbocycles. The molecule has 1 atom stereocenters. The highest BCUT2D eigenvalue weighted by atomic mass is 16.2. The van der Waals surface area contributed by atoms with Crippen LogP contribution in [0.15, 0.2) is 37.1 Å². The van der Waals surface area contributed by atoms with E-state index in [-0.39, 0.29) is 23.9 Å². The minimum Gasteiger partial charge on any atom is -0.382 e. The van der Waals surface area contributed by atoms with Crippen LogP contribution in [0.3, 0.4) is 0 Å². The third kappa shape index (κ3) is 2.52. The zero-order valence-corrected chi connectivity index (χ0v) is 13.5. The van der Waals surface area contributed by atoms with Gasteiger partial charge in [-0.05, 0) is 26.3 Å². The van der Waals surface area contributed by atoms with Gasteiger partial charge in [-0.15, -0.1) is 0 Å². The van der Waals surface area contributed by atoms with Crippen molar-refractivity contribution in [2.24, 2.45) is 0 Å². The Kier molecular flexibility index (Phi) is 3.72. The molecule has 0 bridgehead atoms. The van der Waals surface area contributed by atoms with Gasteiger partial charge in [0.15, 0.2) is 0 Å². The van der Waals surface area contributed by atoms with E-state index in [1.807, 2.05) is 32.0 Å². The Bertz CT molecular complexity index is 721. The standard InChI is InChI=1S/C18H21N3O2/c1-10(2)19-14-7-5-6-13-12(4)21(18(23)17(13)14)15-8-9-16(22)20-11(15)3/h5-7,10,15,19H,3-4,8-9H2,1-2H3,(H,20,22). The summed E-state index contributed by atoms with van der Waals surface area (Å²) in [5.41, 5.74) is 3.53. The smallest absolute Gasteiger partial charge is 0.261 e. The zero-order chi connectivity index (χ0) is 16.7. The summed E-state index contributed by atoms with van der Waals surface area (Å²) < 4.78 is 0. The van der Waals surface area contributed by atoms with Crippen molar-refractivity contribution >= 4 is 23.2 Å². The van der Waals surface area contributed by atoms with Gasteiger partial charge in [-0.25, -0.2) is 0 Å². The summed E-state index contributed by atoms with van der Waals surface area (Å²) in [6, 6.07) is 5.71. The van der Waals surface area contributed by atoms with E-state index in [0.29, 0.717) is 29.8 Å². The second-order valence-corrected chi connectivity index (χ2v) is 6.28. The largest absolute Gasteiger partial charge is 0.382 e. The Balaban J connectivity index is 1.98. The molecule has 2 aliphatic rings. The predicted octanol–water partition coefficient (Wildman–Crippen LogP) is 2.73. The highest BCUT2D eigenvalue weighted by Crippen LogP contribution is 2.39. The van der Waals surface area contributed by atoms with Crippen molar-refractivity contribution in [3.63, 3.8) is 0 Å². The number of carbonyl (C=O) groups excluding carboxylic acids is 2. The predicted molar refractivity (Wildman–Crippen MR) is 90.7 cm³/mol. The third-order valence-corrected chi connectivity index (χ3v) is 4.20. The van der Waals surface area contributed by atoms with Crippen molar-refractivity contribution in [3.05, 3.63) is 48.2 Å². The molecule has 1 aromatic rings. The number of nitrogens with zero attached hydrogens (tertiary/aromatic N) is 1. The number of nitrogens with one attached hydrogen (secondary N) is 2. The summed E-state index contributed by atoms with van der Waals surface area (Å²) in [7, 11) is 0. The molecule has 1 fully saturated rings. The highest BCUT2D eigenvalue weighted by Gasteiger charge is 2.40. The van der Waals surface area contributed by atoms with E-state index in [1.165, 1.54) is 0 Å². The monoisotopic (exact) mass is 311 g/mol. The SMILES string of the molecule is C=C1NC(=O)CCC1N1C(=C)c2cccc(NC(C)C)c2C1=O. The van der Waals surface area contributed by atoms with Gasteiger partial charge in [0.1, 0.15) is 0 Å². The summed E-state index contributed by atoms with van der Waals surface area (Å²) in [5.74, 6) is -0.140. The van der Waals surface area contributed by atoms with E-state index in [1.54, 1.807) is 4.90 Å². The lowest BCUT2D eigenvalue weighted by atomic mass is 10.0. The number of rotatable bonds is 3. The molecule has 2 amide bonds. The van der Waals surface area contributed by atoms with Gasteiger partial charge in [0.05, 0.1) is 11.6 Å². The van der Waals surface area contributed by atoms with Gasteiger partial charge in [-0.3, -0.25) is 14.5 Å². The van der Waals surface area contributed by atoms with Crippen molar-refractivity contribution in [2.75, 3.05) is 5.32 Å². The van der Waals surface area contributed by atoms with Gasteiger partial charge in [0.25, 0.3) is 5.91 Å². The van der Waals surface area contributed by atoms with Crippen molar-refractivity contribution < 1.29 is 9.59 Å². The van der Waals surface area contributed by atoms with Crippen LogP contribution < -0.4 is 10.6 Å². The summed E-state index contributed by atoms with van der Waals surface area (Å²) >= 11 is 0. The lowest BCUT2D eigenvalue weighted by molar-refractivity contribution is -0.121. The maximum atomic E-state index is 13.0. The Labute approximate surface area is 136 Å². The van der Waals surface area contributed by atoms with Crippen molar-refractivity contribution in [2.45, 2.75) is 38.8 Å². The van der Waals surface area contributed by atoms with Gasteiger partial charge in [0, 0.05) is 35.1 Å². The number of hydrogen-bond donors (Lipinski definition) is 2. The molecular formula is C18H21N3O2. The molecule has 23 heavy (non-hydrogen) atoms. The summed E-state index contributed by atoms with van der Waals surface area (Å²) in [4.78, 5) is 26.2. The second-order valence-electron chi connectivity index (χ2n) is 6.28. The molecule has 0 radical (unpaired) electrons. The van der Waals surface area contributed by atoms with Gasteiger partial charge in [-0.1, -0.05) is 25.3 Å². The fourth-order valence-corrected chi connectivity index (χ4v) is 3.21. The van der Waals surface area contributed by atoms with E-state index in [4.69, 9.17) is 0 Å². The Morgan fingerprint density at radius 2 is 2.04 bits per heavy atom. The van der Waals surface area contributed by atoms with Gasteiger partial charge >= 0.3 is 0 Å². The number of anilines is 1. The first-order chi connectivity index (χ1) is 10.9. The highest BCUT2D eigenvalue weighted by molar-refractivity contribution is 6.13. The number of amides is 2. The quantitative estimate of drug-likeness (QED) is 0.902. The van der Waals surface area contributed by atoms with Crippen LogP contribution in [0.2, 0.25) is 0 Å². The molecule has 1 unspecified atom stereocenters. The zero-order valence-electron chi connectivity index (χ0n) is 13.5. The van der Waals surface area contributed by atoms with Crippen LogP contribution in [-0.4, -0.2) is 28.8 Å². The van der Waals surface area contributed by atoms with E-state index in [2.05, 4.69) is 23.8 Å². The van der Waals surface area contributed by atoms with Crippen LogP contribution in [0, 0.1) is 0 Å². The second kappa shape index (κ2) is 5.57. The number of benzene rings is 1. The minimum absolute atomic E-state index is 0.0526. The molecule has 2 heterocycles. The molecule has 1 saturated heterocycles. The molecular weight excluding hydrogens is 290 g/mol. The third-order valence-electron chi connectivity index (χ3n) is 4.20. The van der Waals surface area contributed by atoms with E-state index < -0.39 is 0 Å². The van der Waals surface area contributed by atoms with Crippen molar-refractivity contribution in [3.8, 4) is 0 Å². The summed E-state index contributed by atoms with van der Waals surface area (Å²) in [5, 5.41) is 6.05. The molecule has 1 aromatic carbocycles. The van der Waals surface area contributed by atoms with Crippen LogP contribution in [0.5, 0.6) is 0 Å². The van der Waals surface area contributed by atoms with Gasteiger partial charge in [-0.2, -0.15) is 0 Å². The average Bonchev–Trinajstić information content (AvgIpc) is 2.72. The average molecular weight is 311 g/mol. The fourth-order valence-electron chi connectivity index (χ4n) is 3.21. The molecule has 0 spiro atoms. The van der Waals surface area contributed by atoms with E-state index in [0.717, 1.165) is 11.3 Å². The molecule has 5 nitrogen and oxygen atoms in total. The molecule has 5 heteroatoms. The van der Waals surface area contributed by atoms with Crippen LogP contribution >= 0.6 is 0 Å². The topological polar surface area (TPSA) is 61.4 Å². The number of carbonyl (C=O) groups is 2. The van der Waals surface area contributed by atoms with Crippen LogP contribution in [-0.2, 0) is 4.79 Å². The van der Waals surface area contributed by atoms with Crippen LogP contribution in [0.25, 0.3) is 5.70 Å². The van der Waals surface area contributed by atoms with Crippen molar-refractivity contribution in [1.82, 2.24) is 10.2 Å². The number of piperidine rings is 1. The normalized spacial score (nSPS) is 20.8. The maximum absolute atomic E-state index is 13.0. The molecule has 0 aromatic heterocycles. The Hall–Kier alpha value is -2.56. The van der Waals surface area contributed by atoms with Gasteiger partial charge < -0.3 is 10.6 Å². The van der Waals surface area contributed by atoms with Crippen molar-refractivity contribution in [1.29, 1.82) is 0 Å². The lowest BCUT2D eigenvalue weighted by Gasteiger charge is -2.33. The minimum atomic E-state index is -0.244. The summed E-state index contributed by atoms with van der Waals surface area (Å²) in [6.45, 7) is 12.1. The first-order valence-electron chi connectivity index (χ1n) is 7.81. The van der Waals surface area contributed by atoms with Crippen LogP contribution in [0.1, 0.15) is 42.6 Å². The fraction of sp³-hybridized carbons (Fsp3) is 0.333. The molecule has 120 valence electrons. The molecule has 3 rings (SSSR count). The lowest BCUT2D eigenvalue weighted by Crippen LogP contribution is -2.45. The Morgan fingerprint density at radius 1 is 1.30 bits per heavy atom. The first-order valence-corrected chi connectivity index (χ1v) is 7.81. The van der Waals surface area contributed by atoms with Gasteiger partial charge in [0.2, 0.25) is 5.91 Å². The van der Waals surface area contributed by atoms with E-state index in [9.17, 15) is 9.59 Å².